The minimum Gasteiger partial charge on any atom is -0.481 e. The van der Waals surface area contributed by atoms with Crippen molar-refractivity contribution in [3.63, 3.8) is 0 Å². The maximum Gasteiger partial charge on any atom is 0.407 e. The molecule has 0 bridgehead atoms. The predicted molar refractivity (Wildman–Crippen MR) is 188 cm³/mol. The Kier molecular flexibility index (Phi) is 12.8. The Balaban J connectivity index is 1.50. The van der Waals surface area contributed by atoms with Crippen molar-refractivity contribution in [2.45, 2.75) is 89.9 Å². The molecule has 50 heavy (non-hydrogen) atoms. The van der Waals surface area contributed by atoms with E-state index in [1.54, 1.807) is 45.0 Å². The molecule has 1 aliphatic rings. The summed E-state index contributed by atoms with van der Waals surface area (Å²) in [5.41, 5.74) is 4.16. The molecule has 0 heterocycles. The van der Waals surface area contributed by atoms with E-state index in [0.717, 1.165) is 27.8 Å². The Bertz CT molecular complexity index is 1620. The highest BCUT2D eigenvalue weighted by Gasteiger charge is 2.33. The second kappa shape index (κ2) is 17.0. The maximum absolute atomic E-state index is 13.8. The smallest absolute Gasteiger partial charge is 0.407 e. The third-order valence-electron chi connectivity index (χ3n) is 8.23. The molecule has 0 unspecified atom stereocenters. The summed E-state index contributed by atoms with van der Waals surface area (Å²) in [6.07, 6.45) is -1.17. The normalized spacial score (nSPS) is 14.0. The van der Waals surface area contributed by atoms with Gasteiger partial charge in [-0.3, -0.25) is 14.4 Å². The lowest BCUT2D eigenvalue weighted by atomic mass is 9.98. The minimum absolute atomic E-state index is 0.0107. The number of rotatable bonds is 15. The number of amides is 3. The van der Waals surface area contributed by atoms with Gasteiger partial charge in [0.1, 0.15) is 30.3 Å². The molecular weight excluding hydrogens is 638 g/mol. The van der Waals surface area contributed by atoms with Gasteiger partial charge in [-0.1, -0.05) is 92.7 Å². The van der Waals surface area contributed by atoms with Crippen LogP contribution < -0.4 is 16.0 Å². The highest BCUT2D eigenvalue weighted by atomic mass is 16.6. The molecule has 0 radical (unpaired) electrons. The third kappa shape index (κ3) is 10.7. The molecule has 4 rings (SSSR count). The van der Waals surface area contributed by atoms with Gasteiger partial charge in [-0.2, -0.15) is 0 Å². The van der Waals surface area contributed by atoms with Crippen LogP contribution in [0.5, 0.6) is 0 Å². The van der Waals surface area contributed by atoms with Crippen LogP contribution in [0.1, 0.15) is 76.5 Å². The number of hydrogen-bond acceptors (Lipinski definition) is 7. The van der Waals surface area contributed by atoms with Crippen LogP contribution in [0, 0.1) is 5.92 Å². The van der Waals surface area contributed by atoms with E-state index in [1.807, 2.05) is 68.4 Å². The van der Waals surface area contributed by atoms with Gasteiger partial charge in [-0.05, 0) is 67.3 Å². The van der Waals surface area contributed by atoms with Gasteiger partial charge in [-0.15, -0.1) is 0 Å². The van der Waals surface area contributed by atoms with Crippen LogP contribution in [0.3, 0.4) is 0 Å². The summed E-state index contributed by atoms with van der Waals surface area (Å²) in [6, 6.07) is 21.4. The summed E-state index contributed by atoms with van der Waals surface area (Å²) >= 11 is 0. The maximum atomic E-state index is 13.8. The van der Waals surface area contributed by atoms with E-state index < -0.39 is 60.0 Å². The van der Waals surface area contributed by atoms with Gasteiger partial charge in [0.05, 0.1) is 0 Å². The van der Waals surface area contributed by atoms with Crippen LogP contribution in [0.2, 0.25) is 0 Å². The van der Waals surface area contributed by atoms with Gasteiger partial charge < -0.3 is 30.5 Å². The summed E-state index contributed by atoms with van der Waals surface area (Å²) in [5.74, 6) is -3.44. The van der Waals surface area contributed by atoms with Crippen molar-refractivity contribution in [3.05, 3.63) is 95.6 Å². The first-order valence-electron chi connectivity index (χ1n) is 16.9. The number of aliphatic carboxylic acids is 1. The van der Waals surface area contributed by atoms with E-state index in [0.29, 0.717) is 0 Å². The lowest BCUT2D eigenvalue weighted by Crippen LogP contribution is -2.56. The molecule has 0 aliphatic heterocycles. The number of carbonyl (C=O) groups excluding carboxylic acids is 4. The zero-order valence-electron chi connectivity index (χ0n) is 29.2. The molecule has 3 atom stereocenters. The Labute approximate surface area is 293 Å². The van der Waals surface area contributed by atoms with Crippen LogP contribution in [-0.2, 0) is 35.1 Å². The second-order valence-electron chi connectivity index (χ2n) is 13.9. The molecule has 0 spiro atoms. The number of hydrogen-bond donors (Lipinski definition) is 4. The Morgan fingerprint density at radius 1 is 0.740 bits per heavy atom. The number of carboxylic acid groups (broad SMARTS) is 1. The Morgan fingerprint density at radius 2 is 1.28 bits per heavy atom. The summed E-state index contributed by atoms with van der Waals surface area (Å²) in [7, 11) is 0. The minimum atomic E-state index is -1.32. The lowest BCUT2D eigenvalue weighted by Gasteiger charge is -2.28. The van der Waals surface area contributed by atoms with Crippen molar-refractivity contribution < 1.29 is 38.6 Å². The number of ether oxygens (including phenoxy) is 2. The first kappa shape index (κ1) is 37.6. The number of alkyl carbamates (subject to hydrolysis) is 1. The number of esters is 1. The van der Waals surface area contributed by atoms with Gasteiger partial charge >= 0.3 is 18.0 Å². The fourth-order valence-corrected chi connectivity index (χ4v) is 5.98. The van der Waals surface area contributed by atoms with E-state index in [4.69, 9.17) is 9.47 Å². The molecular formula is C39H47N3O8. The topological polar surface area (TPSA) is 160 Å². The van der Waals surface area contributed by atoms with Gasteiger partial charge in [0.15, 0.2) is 0 Å². The first-order valence-corrected chi connectivity index (χ1v) is 16.9. The van der Waals surface area contributed by atoms with Crippen LogP contribution in [-0.4, -0.2) is 65.3 Å². The van der Waals surface area contributed by atoms with Gasteiger partial charge in [0.2, 0.25) is 11.8 Å². The second-order valence-corrected chi connectivity index (χ2v) is 13.9. The largest absolute Gasteiger partial charge is 0.481 e. The zero-order valence-corrected chi connectivity index (χ0v) is 29.2. The van der Waals surface area contributed by atoms with Crippen LogP contribution >= 0.6 is 0 Å². The van der Waals surface area contributed by atoms with E-state index in [9.17, 15) is 29.1 Å². The molecule has 11 nitrogen and oxygen atoms in total. The van der Waals surface area contributed by atoms with Crippen molar-refractivity contribution in [2.24, 2.45) is 5.92 Å². The molecule has 0 saturated heterocycles. The van der Waals surface area contributed by atoms with Crippen molar-refractivity contribution >= 4 is 29.8 Å². The van der Waals surface area contributed by atoms with Crippen molar-refractivity contribution in [2.75, 3.05) is 6.61 Å². The quantitative estimate of drug-likeness (QED) is 0.156. The van der Waals surface area contributed by atoms with Crippen LogP contribution in [0.4, 0.5) is 4.79 Å². The molecule has 266 valence electrons. The van der Waals surface area contributed by atoms with E-state index in [-0.39, 0.29) is 37.7 Å². The average molecular weight is 686 g/mol. The van der Waals surface area contributed by atoms with Crippen LogP contribution in [0.25, 0.3) is 11.1 Å². The molecule has 0 saturated carbocycles. The first-order chi connectivity index (χ1) is 23.7. The molecule has 3 aromatic carbocycles. The number of carbonyl (C=O) groups is 5. The van der Waals surface area contributed by atoms with Gasteiger partial charge in [0, 0.05) is 18.8 Å². The van der Waals surface area contributed by atoms with E-state index in [1.165, 1.54) is 0 Å². The highest BCUT2D eigenvalue weighted by molar-refractivity contribution is 5.93. The highest BCUT2D eigenvalue weighted by Crippen LogP contribution is 2.44. The molecule has 4 N–H and O–H groups in total. The molecule has 1 aliphatic carbocycles. The number of carboxylic acids is 1. The van der Waals surface area contributed by atoms with Crippen molar-refractivity contribution in [3.8, 4) is 11.1 Å². The molecule has 3 aromatic rings. The standard InChI is InChI=1S/C39H47N3O8/c1-24(2)21-33(37(47)50-39(3,4)5)41-35(45)31(19-20-34(43)44)40-36(46)32(22-25-13-7-6-8-14-25)42-38(48)49-23-30-28-17-11-9-15-26(28)27-16-10-12-18-29(27)30/h6-18,24,30-33H,19-23H2,1-5H3,(H,40,46)(H,41,45)(H,42,48)(H,43,44)/t31-,32-,33-/m0/s1. The lowest BCUT2D eigenvalue weighted by molar-refractivity contribution is -0.159. The monoisotopic (exact) mass is 685 g/mol. The van der Waals surface area contributed by atoms with Crippen molar-refractivity contribution in [1.82, 2.24) is 16.0 Å². The average Bonchev–Trinajstić information content (AvgIpc) is 3.37. The number of nitrogens with one attached hydrogen (secondary N) is 3. The third-order valence-corrected chi connectivity index (χ3v) is 8.23. The fourth-order valence-electron chi connectivity index (χ4n) is 5.98. The summed E-state index contributed by atoms with van der Waals surface area (Å²) in [6.45, 7) is 8.94. The van der Waals surface area contributed by atoms with Gasteiger partial charge in [-0.25, -0.2) is 9.59 Å². The zero-order chi connectivity index (χ0) is 36.4. The number of benzene rings is 3. The molecule has 11 heteroatoms. The van der Waals surface area contributed by atoms with Crippen LogP contribution in [0.15, 0.2) is 78.9 Å². The van der Waals surface area contributed by atoms with Gasteiger partial charge in [0.25, 0.3) is 0 Å². The van der Waals surface area contributed by atoms with E-state index in [2.05, 4.69) is 16.0 Å². The fraction of sp³-hybridized carbons (Fsp3) is 0.410. The molecule has 0 aromatic heterocycles. The van der Waals surface area contributed by atoms with E-state index >= 15 is 0 Å². The Morgan fingerprint density at radius 3 is 1.84 bits per heavy atom. The van der Waals surface area contributed by atoms with Crippen molar-refractivity contribution in [1.29, 1.82) is 0 Å². The summed E-state index contributed by atoms with van der Waals surface area (Å²) in [4.78, 5) is 65.2. The summed E-state index contributed by atoms with van der Waals surface area (Å²) < 4.78 is 11.2. The predicted octanol–water partition coefficient (Wildman–Crippen LogP) is 5.36. The Hall–Kier alpha value is -5.19. The molecule has 0 fully saturated rings. The molecule has 3 amide bonds. The SMILES string of the molecule is CC(C)C[C@H](NC(=O)[C@H](CCC(=O)O)NC(=O)[C@H](Cc1ccccc1)NC(=O)OCC1c2ccccc2-c2ccccc21)C(=O)OC(C)(C)C. The summed E-state index contributed by atoms with van der Waals surface area (Å²) in [5, 5.41) is 17.4. The number of fused-ring (bicyclic) bond motifs is 3.